The van der Waals surface area contributed by atoms with Gasteiger partial charge in [0.25, 0.3) is 5.91 Å². The van der Waals surface area contributed by atoms with E-state index in [1.54, 1.807) is 0 Å². The van der Waals surface area contributed by atoms with E-state index < -0.39 is 0 Å². The van der Waals surface area contributed by atoms with Gasteiger partial charge in [-0.25, -0.2) is 0 Å². The molecule has 1 aromatic rings. The Labute approximate surface area is 122 Å². The van der Waals surface area contributed by atoms with Crippen LogP contribution < -0.4 is 5.32 Å². The Morgan fingerprint density at radius 3 is 2.79 bits per heavy atom. The molecule has 1 amide bonds. The Hall–Kier alpha value is -0.770. The molecule has 1 N–H and O–H groups in total. The van der Waals surface area contributed by atoms with Crippen LogP contribution in [0.2, 0.25) is 0 Å². The average Bonchev–Trinajstić information content (AvgIpc) is 3.02. The average molecular weight is 325 g/mol. The number of carbonyl (C=O) groups excluding carboxylic acids is 1. The first-order valence-electron chi connectivity index (χ1n) is 7.23. The van der Waals surface area contributed by atoms with Crippen LogP contribution >= 0.6 is 15.9 Å². The second-order valence-corrected chi connectivity index (χ2v) is 7.22. The van der Waals surface area contributed by atoms with Crippen LogP contribution in [0.15, 0.2) is 16.7 Å². The number of rotatable bonds is 3. The van der Waals surface area contributed by atoms with Crippen molar-refractivity contribution in [2.45, 2.75) is 51.6 Å². The van der Waals surface area contributed by atoms with Crippen molar-refractivity contribution in [1.29, 1.82) is 0 Å². The maximum Gasteiger partial charge on any atom is 0.268 e. The first kappa shape index (κ1) is 13.2. The molecule has 3 atom stereocenters. The number of carbonyl (C=O) groups is 1. The van der Waals surface area contributed by atoms with E-state index >= 15 is 0 Å². The number of nitrogens with zero attached hydrogens (tertiary/aromatic N) is 1. The number of fused-ring (bicyclic) bond motifs is 2. The van der Waals surface area contributed by atoms with Crippen molar-refractivity contribution >= 4 is 21.8 Å². The molecule has 2 saturated carbocycles. The van der Waals surface area contributed by atoms with Gasteiger partial charge in [-0.2, -0.15) is 0 Å². The number of hydrogen-bond acceptors (Lipinski definition) is 1. The van der Waals surface area contributed by atoms with Crippen molar-refractivity contribution in [1.82, 2.24) is 9.88 Å². The minimum Gasteiger partial charge on any atom is -0.348 e. The molecule has 3 nitrogen and oxygen atoms in total. The van der Waals surface area contributed by atoms with Gasteiger partial charge in [0.05, 0.1) is 0 Å². The molecular formula is C15H21BrN2O. The highest BCUT2D eigenvalue weighted by molar-refractivity contribution is 9.10. The van der Waals surface area contributed by atoms with Crippen LogP contribution in [0.3, 0.4) is 0 Å². The van der Waals surface area contributed by atoms with Gasteiger partial charge in [0.2, 0.25) is 0 Å². The lowest BCUT2D eigenvalue weighted by atomic mass is 9.95. The number of nitrogens with one attached hydrogen (secondary N) is 1. The van der Waals surface area contributed by atoms with Crippen molar-refractivity contribution in [3.63, 3.8) is 0 Å². The minimum atomic E-state index is 0.0805. The summed E-state index contributed by atoms with van der Waals surface area (Å²) < 4.78 is 3.01. The van der Waals surface area contributed by atoms with Crippen LogP contribution in [-0.4, -0.2) is 16.5 Å². The van der Waals surface area contributed by atoms with E-state index in [9.17, 15) is 4.79 Å². The summed E-state index contributed by atoms with van der Waals surface area (Å²) in [7, 11) is 0. The fraction of sp³-hybridized carbons (Fsp3) is 0.667. The zero-order valence-corrected chi connectivity index (χ0v) is 13.1. The topological polar surface area (TPSA) is 34.0 Å². The summed E-state index contributed by atoms with van der Waals surface area (Å²) in [6.07, 6.45) is 7.15. The van der Waals surface area contributed by atoms with E-state index in [-0.39, 0.29) is 5.91 Å². The van der Waals surface area contributed by atoms with Gasteiger partial charge in [-0.1, -0.05) is 6.42 Å². The molecule has 2 aliphatic carbocycles. The van der Waals surface area contributed by atoms with Crippen LogP contribution in [0.5, 0.6) is 0 Å². The SMILES string of the molecule is CC(C)n1cc(Br)cc1C(=O)NC1CC2CCC1C2. The van der Waals surface area contributed by atoms with Gasteiger partial charge < -0.3 is 9.88 Å². The fourth-order valence-corrected chi connectivity index (χ4v) is 4.16. The van der Waals surface area contributed by atoms with Crippen molar-refractivity contribution in [2.24, 2.45) is 11.8 Å². The monoisotopic (exact) mass is 324 g/mol. The lowest BCUT2D eigenvalue weighted by Gasteiger charge is -2.23. The zero-order chi connectivity index (χ0) is 13.6. The predicted octanol–water partition coefficient (Wildman–Crippen LogP) is 3.75. The summed E-state index contributed by atoms with van der Waals surface area (Å²) in [6, 6.07) is 2.62. The van der Waals surface area contributed by atoms with Gasteiger partial charge in [0, 0.05) is 22.8 Å². The number of hydrogen-bond donors (Lipinski definition) is 1. The first-order valence-corrected chi connectivity index (χ1v) is 8.02. The van der Waals surface area contributed by atoms with Gasteiger partial charge in [0.15, 0.2) is 0 Å². The quantitative estimate of drug-likeness (QED) is 0.902. The summed E-state index contributed by atoms with van der Waals surface area (Å²) in [4.78, 5) is 12.5. The molecule has 19 heavy (non-hydrogen) atoms. The van der Waals surface area contributed by atoms with E-state index in [4.69, 9.17) is 0 Å². The number of aromatic nitrogens is 1. The van der Waals surface area contributed by atoms with Crippen LogP contribution in [-0.2, 0) is 0 Å². The summed E-state index contributed by atoms with van der Waals surface area (Å²) >= 11 is 3.46. The molecule has 1 aromatic heterocycles. The van der Waals surface area contributed by atoms with Crippen molar-refractivity contribution in [2.75, 3.05) is 0 Å². The van der Waals surface area contributed by atoms with Gasteiger partial charge in [0.1, 0.15) is 5.69 Å². The minimum absolute atomic E-state index is 0.0805. The Morgan fingerprint density at radius 1 is 1.42 bits per heavy atom. The summed E-state index contributed by atoms with van der Waals surface area (Å²) in [5.74, 6) is 1.66. The molecule has 0 aliphatic heterocycles. The molecule has 3 rings (SSSR count). The summed E-state index contributed by atoms with van der Waals surface area (Å²) in [6.45, 7) is 4.20. The fourth-order valence-electron chi connectivity index (χ4n) is 3.72. The highest BCUT2D eigenvalue weighted by atomic mass is 79.9. The second kappa shape index (κ2) is 4.97. The number of halogens is 1. The lowest BCUT2D eigenvalue weighted by Crippen LogP contribution is -2.39. The maximum atomic E-state index is 12.5. The molecule has 104 valence electrons. The van der Waals surface area contributed by atoms with Gasteiger partial charge >= 0.3 is 0 Å². The highest BCUT2D eigenvalue weighted by Crippen LogP contribution is 2.44. The molecule has 2 bridgehead atoms. The molecular weight excluding hydrogens is 304 g/mol. The lowest BCUT2D eigenvalue weighted by molar-refractivity contribution is 0.0912. The smallest absolute Gasteiger partial charge is 0.268 e. The van der Waals surface area contributed by atoms with Gasteiger partial charge in [-0.05, 0) is 66.9 Å². The summed E-state index contributed by atoms with van der Waals surface area (Å²) in [5, 5.41) is 3.25. The van der Waals surface area contributed by atoms with E-state index in [2.05, 4.69) is 35.1 Å². The zero-order valence-electron chi connectivity index (χ0n) is 11.5. The molecule has 0 saturated heterocycles. The molecule has 0 spiro atoms. The standard InChI is InChI=1S/C15H21BrN2O/c1-9(2)18-8-12(16)7-14(18)15(19)17-13-6-10-3-4-11(13)5-10/h7-11,13H,3-6H2,1-2H3,(H,17,19). The molecule has 3 unspecified atom stereocenters. The van der Waals surface area contributed by atoms with E-state index in [0.717, 1.165) is 22.0 Å². The van der Waals surface area contributed by atoms with Crippen molar-refractivity contribution < 1.29 is 4.79 Å². The van der Waals surface area contributed by atoms with Crippen molar-refractivity contribution in [3.05, 3.63) is 22.4 Å². The normalized spacial score (nSPS) is 29.2. The molecule has 4 heteroatoms. The molecule has 0 radical (unpaired) electrons. The Bertz CT molecular complexity index is 494. The third-order valence-electron chi connectivity index (χ3n) is 4.66. The van der Waals surface area contributed by atoms with Crippen LogP contribution in [0.25, 0.3) is 0 Å². The van der Waals surface area contributed by atoms with Crippen LogP contribution in [0.4, 0.5) is 0 Å². The largest absolute Gasteiger partial charge is 0.348 e. The predicted molar refractivity (Wildman–Crippen MR) is 79.2 cm³/mol. The number of amides is 1. The van der Waals surface area contributed by atoms with Crippen LogP contribution in [0.1, 0.15) is 56.1 Å². The van der Waals surface area contributed by atoms with E-state index in [1.165, 1.54) is 25.7 Å². The van der Waals surface area contributed by atoms with E-state index in [1.807, 2.05) is 16.8 Å². The molecule has 1 heterocycles. The second-order valence-electron chi connectivity index (χ2n) is 6.30. The highest BCUT2D eigenvalue weighted by Gasteiger charge is 2.40. The van der Waals surface area contributed by atoms with Gasteiger partial charge in [-0.15, -0.1) is 0 Å². The third kappa shape index (κ3) is 2.47. The third-order valence-corrected chi connectivity index (χ3v) is 5.09. The Morgan fingerprint density at radius 2 is 2.21 bits per heavy atom. The Balaban J connectivity index is 1.74. The summed E-state index contributed by atoms with van der Waals surface area (Å²) in [5.41, 5.74) is 0.768. The molecule has 0 aromatic carbocycles. The molecule has 2 aliphatic rings. The van der Waals surface area contributed by atoms with Crippen molar-refractivity contribution in [3.8, 4) is 0 Å². The van der Waals surface area contributed by atoms with Gasteiger partial charge in [-0.3, -0.25) is 4.79 Å². The van der Waals surface area contributed by atoms with Crippen LogP contribution in [0, 0.1) is 11.8 Å². The first-order chi connectivity index (χ1) is 9.04. The molecule has 2 fully saturated rings. The van der Waals surface area contributed by atoms with E-state index in [0.29, 0.717) is 12.1 Å². The Kier molecular flexibility index (Phi) is 3.46. The maximum absolute atomic E-state index is 12.5.